The van der Waals surface area contributed by atoms with Crippen molar-refractivity contribution in [1.82, 2.24) is 9.97 Å². The molecular weight excluding hydrogens is 314 g/mol. The van der Waals surface area contributed by atoms with E-state index in [1.54, 1.807) is 37.7 Å². The van der Waals surface area contributed by atoms with Gasteiger partial charge in [0.15, 0.2) is 0 Å². The summed E-state index contributed by atoms with van der Waals surface area (Å²) in [7, 11) is 1.63. The number of fused-ring (bicyclic) bond motifs is 3. The van der Waals surface area contributed by atoms with Crippen LogP contribution in [0.25, 0.3) is 23.1 Å². The van der Waals surface area contributed by atoms with Crippen LogP contribution in [0.5, 0.6) is 5.75 Å². The molecule has 25 heavy (non-hydrogen) atoms. The second kappa shape index (κ2) is 6.28. The van der Waals surface area contributed by atoms with Crippen LogP contribution in [0.3, 0.4) is 0 Å². The Morgan fingerprint density at radius 1 is 1.24 bits per heavy atom. The van der Waals surface area contributed by atoms with E-state index >= 15 is 0 Å². The van der Waals surface area contributed by atoms with Crippen molar-refractivity contribution in [3.05, 3.63) is 64.9 Å². The number of rotatable bonds is 3. The largest absolute Gasteiger partial charge is 0.495 e. The Bertz CT molecular complexity index is 1100. The van der Waals surface area contributed by atoms with Crippen LogP contribution in [0, 0.1) is 0 Å². The van der Waals surface area contributed by atoms with E-state index in [1.165, 1.54) is 0 Å². The Hall–Kier alpha value is -3.34. The molecule has 0 bridgehead atoms. The minimum Gasteiger partial charge on any atom is -0.495 e. The Labute approximate surface area is 144 Å². The molecule has 0 atom stereocenters. The number of aromatic nitrogens is 2. The summed E-state index contributed by atoms with van der Waals surface area (Å²) in [5.41, 5.74) is 2.14. The van der Waals surface area contributed by atoms with Gasteiger partial charge in [-0.2, -0.15) is 0 Å². The molecule has 2 heterocycles. The summed E-state index contributed by atoms with van der Waals surface area (Å²) in [4.78, 5) is 20.2. The zero-order valence-corrected chi connectivity index (χ0v) is 13.7. The number of ether oxygens (including phenoxy) is 1. The summed E-state index contributed by atoms with van der Waals surface area (Å²) in [6, 6.07) is 7.14. The standard InChI is InChI=1S/C20H17N3O2/c1-25-17-8-7-15(20(24)22-13-9-11-21-12-10-13)18-14-5-3-2-4-6-16(14)23-19(17)18/h2-3,5-12,23H,4H2,1H3,(H,21,22,24). The number of aromatic amines is 1. The number of benzene rings is 1. The molecule has 1 aliphatic rings. The maximum absolute atomic E-state index is 12.9. The van der Waals surface area contributed by atoms with E-state index in [0.29, 0.717) is 17.0 Å². The van der Waals surface area contributed by atoms with Gasteiger partial charge in [-0.1, -0.05) is 24.3 Å². The Morgan fingerprint density at radius 3 is 2.88 bits per heavy atom. The molecule has 2 N–H and O–H groups in total. The normalized spacial score (nSPS) is 12.7. The fourth-order valence-corrected chi connectivity index (χ4v) is 3.08. The van der Waals surface area contributed by atoms with Crippen LogP contribution in [-0.4, -0.2) is 23.0 Å². The fourth-order valence-electron chi connectivity index (χ4n) is 3.08. The van der Waals surface area contributed by atoms with Gasteiger partial charge < -0.3 is 15.0 Å². The maximum Gasteiger partial charge on any atom is 0.256 e. The van der Waals surface area contributed by atoms with Gasteiger partial charge in [0, 0.05) is 39.6 Å². The fraction of sp³-hybridized carbons (Fsp3) is 0.100. The van der Waals surface area contributed by atoms with Crippen molar-refractivity contribution in [3.63, 3.8) is 0 Å². The van der Waals surface area contributed by atoms with Crippen molar-refractivity contribution in [1.29, 1.82) is 0 Å². The van der Waals surface area contributed by atoms with Gasteiger partial charge in [0.25, 0.3) is 5.91 Å². The van der Waals surface area contributed by atoms with Gasteiger partial charge in [-0.3, -0.25) is 9.78 Å². The Kier molecular flexibility index (Phi) is 3.82. The number of methoxy groups -OCH3 is 1. The van der Waals surface area contributed by atoms with Crippen molar-refractivity contribution in [2.45, 2.75) is 6.42 Å². The minimum atomic E-state index is -0.165. The van der Waals surface area contributed by atoms with Gasteiger partial charge in [-0.25, -0.2) is 0 Å². The summed E-state index contributed by atoms with van der Waals surface area (Å²) in [6.07, 6.45) is 12.4. The number of hydrogen-bond acceptors (Lipinski definition) is 3. The van der Waals surface area contributed by atoms with Crippen molar-refractivity contribution in [3.8, 4) is 5.75 Å². The highest BCUT2D eigenvalue weighted by Crippen LogP contribution is 2.25. The van der Waals surface area contributed by atoms with Crippen LogP contribution in [0.4, 0.5) is 5.69 Å². The number of carbonyl (C=O) groups is 1. The molecule has 1 aliphatic carbocycles. The predicted octanol–water partition coefficient (Wildman–Crippen LogP) is 2.34. The SMILES string of the molecule is COc1ccc(C(=O)Nc2ccncc2)c2c3c([nH]c12)=CCC=CC=3. The molecule has 124 valence electrons. The molecule has 0 saturated carbocycles. The third-order valence-corrected chi connectivity index (χ3v) is 4.25. The Morgan fingerprint density at radius 2 is 2.08 bits per heavy atom. The topological polar surface area (TPSA) is 67.0 Å². The molecule has 0 unspecified atom stereocenters. The molecule has 1 aromatic carbocycles. The number of hydrogen-bond donors (Lipinski definition) is 2. The van der Waals surface area contributed by atoms with Gasteiger partial charge in [0.1, 0.15) is 5.75 Å². The Balaban J connectivity index is 1.93. The molecule has 0 fully saturated rings. The quantitative estimate of drug-likeness (QED) is 0.774. The maximum atomic E-state index is 12.9. The van der Waals surface area contributed by atoms with Crippen LogP contribution < -0.4 is 20.6 Å². The van der Waals surface area contributed by atoms with Crippen LogP contribution in [0.15, 0.2) is 48.8 Å². The van der Waals surface area contributed by atoms with Crippen molar-refractivity contribution >= 4 is 34.6 Å². The highest BCUT2D eigenvalue weighted by molar-refractivity contribution is 6.13. The van der Waals surface area contributed by atoms with Gasteiger partial charge in [-0.15, -0.1) is 0 Å². The van der Waals surface area contributed by atoms with Crippen LogP contribution >= 0.6 is 0 Å². The average molecular weight is 331 g/mol. The number of amides is 1. The number of pyridine rings is 1. The first-order valence-electron chi connectivity index (χ1n) is 8.05. The first-order chi connectivity index (χ1) is 12.3. The average Bonchev–Trinajstić information content (AvgIpc) is 2.84. The zero-order valence-electron chi connectivity index (χ0n) is 13.7. The van der Waals surface area contributed by atoms with Gasteiger partial charge >= 0.3 is 0 Å². The molecule has 0 radical (unpaired) electrons. The summed E-state index contributed by atoms with van der Waals surface area (Å²) in [5.74, 6) is 0.552. The smallest absolute Gasteiger partial charge is 0.256 e. The lowest BCUT2D eigenvalue weighted by atomic mass is 10.1. The monoisotopic (exact) mass is 331 g/mol. The summed E-state index contributed by atoms with van der Waals surface area (Å²) in [5, 5.41) is 5.79. The lowest BCUT2D eigenvalue weighted by Crippen LogP contribution is -2.23. The number of nitrogens with one attached hydrogen (secondary N) is 2. The van der Waals surface area contributed by atoms with E-state index in [0.717, 1.165) is 27.9 Å². The van der Waals surface area contributed by atoms with Gasteiger partial charge in [0.2, 0.25) is 0 Å². The van der Waals surface area contributed by atoms with Crippen molar-refractivity contribution < 1.29 is 9.53 Å². The van der Waals surface area contributed by atoms with E-state index in [4.69, 9.17) is 4.74 Å². The first-order valence-corrected chi connectivity index (χ1v) is 8.05. The molecule has 3 aromatic rings. The number of anilines is 1. The molecule has 0 spiro atoms. The number of H-pyrrole nitrogens is 1. The van der Waals surface area contributed by atoms with Gasteiger partial charge in [0.05, 0.1) is 12.6 Å². The van der Waals surface area contributed by atoms with Crippen LogP contribution in [0.2, 0.25) is 0 Å². The van der Waals surface area contributed by atoms with Crippen molar-refractivity contribution in [2.75, 3.05) is 12.4 Å². The number of nitrogens with zero attached hydrogens (tertiary/aromatic N) is 1. The first kappa shape index (κ1) is 15.2. The third kappa shape index (κ3) is 2.70. The summed E-state index contributed by atoms with van der Waals surface area (Å²) in [6.45, 7) is 0. The lowest BCUT2D eigenvalue weighted by molar-refractivity contribution is 0.102. The lowest BCUT2D eigenvalue weighted by Gasteiger charge is -2.08. The second-order valence-electron chi connectivity index (χ2n) is 5.74. The van der Waals surface area contributed by atoms with Crippen LogP contribution in [0.1, 0.15) is 16.8 Å². The molecule has 0 saturated heterocycles. The van der Waals surface area contributed by atoms with E-state index in [-0.39, 0.29) is 5.91 Å². The van der Waals surface area contributed by atoms with E-state index in [9.17, 15) is 4.79 Å². The minimum absolute atomic E-state index is 0.165. The predicted molar refractivity (Wildman–Crippen MR) is 99.0 cm³/mol. The summed E-state index contributed by atoms with van der Waals surface area (Å²) >= 11 is 0. The molecule has 5 heteroatoms. The molecule has 4 rings (SSSR count). The zero-order chi connectivity index (χ0) is 17.2. The van der Waals surface area contributed by atoms with Gasteiger partial charge in [-0.05, 0) is 30.7 Å². The van der Waals surface area contributed by atoms with E-state index < -0.39 is 0 Å². The molecule has 1 amide bonds. The van der Waals surface area contributed by atoms with E-state index in [2.05, 4.69) is 27.4 Å². The highest BCUT2D eigenvalue weighted by Gasteiger charge is 2.16. The molecular formula is C20H17N3O2. The molecule has 5 nitrogen and oxygen atoms in total. The van der Waals surface area contributed by atoms with E-state index in [1.807, 2.05) is 18.2 Å². The molecule has 0 aliphatic heterocycles. The summed E-state index contributed by atoms with van der Waals surface area (Å²) < 4.78 is 5.47. The second-order valence-corrected chi connectivity index (χ2v) is 5.74. The third-order valence-electron chi connectivity index (χ3n) is 4.25. The number of allylic oxidation sites excluding steroid dienone is 2. The molecule has 2 aromatic heterocycles. The number of carbonyl (C=O) groups excluding carboxylic acids is 1. The van der Waals surface area contributed by atoms with Crippen molar-refractivity contribution in [2.24, 2.45) is 0 Å². The van der Waals surface area contributed by atoms with Crippen LogP contribution in [-0.2, 0) is 0 Å². The highest BCUT2D eigenvalue weighted by atomic mass is 16.5.